The molecule has 0 saturated heterocycles. The van der Waals surface area contributed by atoms with Crippen LogP contribution in [-0.2, 0) is 14.3 Å². The summed E-state index contributed by atoms with van der Waals surface area (Å²) >= 11 is 0. The molecule has 0 bridgehead atoms. The van der Waals surface area contributed by atoms with E-state index in [1.54, 1.807) is 0 Å². The van der Waals surface area contributed by atoms with E-state index in [-0.39, 0.29) is 34.4 Å². The third-order valence-electron chi connectivity index (χ3n) is 7.62. The second-order valence-corrected chi connectivity index (χ2v) is 9.91. The van der Waals surface area contributed by atoms with Crippen molar-refractivity contribution in [1.82, 2.24) is 0 Å². The number of hydrogen-bond acceptors (Lipinski definition) is 3. The topological polar surface area (TPSA) is 43.4 Å². The predicted molar refractivity (Wildman–Crippen MR) is 110 cm³/mol. The van der Waals surface area contributed by atoms with Gasteiger partial charge in [-0.2, -0.15) is 0 Å². The van der Waals surface area contributed by atoms with Gasteiger partial charge in [0.2, 0.25) is 0 Å². The monoisotopic (exact) mass is 378 g/mol. The van der Waals surface area contributed by atoms with E-state index in [0.29, 0.717) is 5.76 Å². The zero-order chi connectivity index (χ0) is 20.3. The van der Waals surface area contributed by atoms with Crippen molar-refractivity contribution in [3.63, 3.8) is 0 Å². The Morgan fingerprint density at radius 3 is 2.39 bits per heavy atom. The largest absolute Gasteiger partial charge is 0.431 e. The number of fused-ring (bicyclic) bond motifs is 3. The quantitative estimate of drug-likeness (QED) is 0.632. The summed E-state index contributed by atoms with van der Waals surface area (Å²) in [6, 6.07) is 10.0. The third kappa shape index (κ3) is 2.55. The maximum absolute atomic E-state index is 13.5. The van der Waals surface area contributed by atoms with Gasteiger partial charge in [0.05, 0.1) is 5.41 Å². The van der Waals surface area contributed by atoms with Crippen molar-refractivity contribution in [3.05, 3.63) is 53.8 Å². The first-order chi connectivity index (χ1) is 13.1. The van der Waals surface area contributed by atoms with Gasteiger partial charge >= 0.3 is 5.97 Å². The van der Waals surface area contributed by atoms with E-state index in [0.717, 1.165) is 30.4 Å². The molecule has 3 aliphatic rings. The number of ketones is 1. The zero-order valence-electron chi connectivity index (χ0n) is 17.5. The van der Waals surface area contributed by atoms with E-state index >= 15 is 0 Å². The molecule has 0 aliphatic heterocycles. The number of carbonyl (C=O) groups is 2. The van der Waals surface area contributed by atoms with Crippen LogP contribution >= 0.6 is 0 Å². The molecule has 1 fully saturated rings. The Hall–Kier alpha value is -2.16. The third-order valence-corrected chi connectivity index (χ3v) is 7.62. The van der Waals surface area contributed by atoms with E-state index in [1.165, 1.54) is 6.92 Å². The van der Waals surface area contributed by atoms with Gasteiger partial charge < -0.3 is 4.74 Å². The fourth-order valence-corrected chi connectivity index (χ4v) is 6.56. The van der Waals surface area contributed by atoms with Crippen LogP contribution in [0.4, 0.5) is 0 Å². The Bertz CT molecular complexity index is 892. The second kappa shape index (κ2) is 6.17. The number of allylic oxidation sites excluding steroid dienone is 3. The van der Waals surface area contributed by atoms with Gasteiger partial charge in [-0.25, -0.2) is 0 Å². The van der Waals surface area contributed by atoms with E-state index in [9.17, 15) is 9.59 Å². The molecule has 1 saturated carbocycles. The summed E-state index contributed by atoms with van der Waals surface area (Å²) in [5.41, 5.74) is 1.29. The minimum atomic E-state index is -0.622. The highest BCUT2D eigenvalue weighted by atomic mass is 16.5. The molecule has 4 rings (SSSR count). The van der Waals surface area contributed by atoms with E-state index in [2.05, 4.69) is 33.8 Å². The lowest BCUT2D eigenvalue weighted by molar-refractivity contribution is -0.145. The molecule has 3 aliphatic carbocycles. The Labute approximate surface area is 167 Å². The van der Waals surface area contributed by atoms with Crippen LogP contribution in [0, 0.1) is 28.1 Å². The van der Waals surface area contributed by atoms with Crippen molar-refractivity contribution < 1.29 is 14.3 Å². The predicted octanol–water partition coefficient (Wildman–Crippen LogP) is 5.57. The number of hydrogen-bond donors (Lipinski definition) is 0. The van der Waals surface area contributed by atoms with Gasteiger partial charge in [0.1, 0.15) is 5.76 Å². The van der Waals surface area contributed by atoms with Gasteiger partial charge in [-0.3, -0.25) is 9.59 Å². The molecule has 0 unspecified atom stereocenters. The fourth-order valence-electron chi connectivity index (χ4n) is 6.56. The van der Waals surface area contributed by atoms with Gasteiger partial charge in [-0.1, -0.05) is 57.5 Å². The fraction of sp³-hybridized carbons (Fsp3) is 0.520. The molecule has 0 aromatic heterocycles. The highest BCUT2D eigenvalue weighted by molar-refractivity contribution is 6.07. The zero-order valence-corrected chi connectivity index (χ0v) is 17.5. The van der Waals surface area contributed by atoms with Crippen LogP contribution in [0.1, 0.15) is 59.4 Å². The smallest absolute Gasteiger partial charge is 0.307 e. The second-order valence-electron chi connectivity index (χ2n) is 9.91. The number of esters is 1. The molecule has 0 radical (unpaired) electrons. The molecule has 0 heterocycles. The number of ether oxygens (including phenoxy) is 1. The number of benzene rings is 1. The molecule has 148 valence electrons. The molecule has 0 N–H and O–H groups in total. The van der Waals surface area contributed by atoms with Crippen LogP contribution in [0.3, 0.4) is 0 Å². The normalized spacial score (nSPS) is 36.1. The lowest BCUT2D eigenvalue weighted by Crippen LogP contribution is -2.55. The summed E-state index contributed by atoms with van der Waals surface area (Å²) in [5.74, 6) is 0.496. The highest BCUT2D eigenvalue weighted by Crippen LogP contribution is 2.68. The van der Waals surface area contributed by atoms with Crippen molar-refractivity contribution in [3.8, 4) is 0 Å². The Kier molecular flexibility index (Phi) is 4.22. The van der Waals surface area contributed by atoms with Crippen molar-refractivity contribution >= 4 is 17.3 Å². The Morgan fingerprint density at radius 2 is 1.75 bits per heavy atom. The highest BCUT2D eigenvalue weighted by Gasteiger charge is 2.65. The maximum Gasteiger partial charge on any atom is 0.307 e. The maximum atomic E-state index is 13.5. The summed E-state index contributed by atoms with van der Waals surface area (Å²) in [7, 11) is 0. The minimum absolute atomic E-state index is 0.0650. The summed E-state index contributed by atoms with van der Waals surface area (Å²) in [6.45, 7) is 10.4. The number of carbonyl (C=O) groups excluding carboxylic acids is 2. The Morgan fingerprint density at radius 1 is 1.07 bits per heavy atom. The van der Waals surface area contributed by atoms with Crippen LogP contribution in [-0.4, -0.2) is 11.8 Å². The van der Waals surface area contributed by atoms with Crippen LogP contribution in [0.2, 0.25) is 0 Å². The average Bonchev–Trinajstić information content (AvgIpc) is 2.90. The van der Waals surface area contributed by atoms with Crippen molar-refractivity contribution in [1.29, 1.82) is 0 Å². The van der Waals surface area contributed by atoms with Gasteiger partial charge in [0.15, 0.2) is 5.78 Å². The van der Waals surface area contributed by atoms with Crippen molar-refractivity contribution in [2.45, 2.75) is 53.9 Å². The SMILES string of the molecule is CC(=O)OC1=C[C@@H]2C(C)(C)CCC[C@@]2(C)[C@H]2C(=O)C=C(c3ccccc3)[C@@]12C. The molecule has 3 nitrogen and oxygen atoms in total. The van der Waals surface area contributed by atoms with Crippen LogP contribution in [0.25, 0.3) is 5.57 Å². The molecule has 0 spiro atoms. The average molecular weight is 379 g/mol. The minimum Gasteiger partial charge on any atom is -0.431 e. The molecular weight excluding hydrogens is 348 g/mol. The lowest BCUT2D eigenvalue weighted by Gasteiger charge is -2.58. The summed E-state index contributed by atoms with van der Waals surface area (Å²) in [6.07, 6.45) is 7.26. The standard InChI is InChI=1S/C25H30O3/c1-16(26)28-21-15-20-23(2,3)12-9-13-24(20,4)22-19(27)14-18(25(21,22)5)17-10-7-6-8-11-17/h6-8,10-11,14-15,20,22H,9,12-13H2,1-5H3/t20-,22-,24-,25+/m1/s1. The molecule has 28 heavy (non-hydrogen) atoms. The van der Waals surface area contributed by atoms with E-state index < -0.39 is 5.41 Å². The van der Waals surface area contributed by atoms with Crippen molar-refractivity contribution in [2.75, 3.05) is 0 Å². The van der Waals surface area contributed by atoms with Gasteiger partial charge in [-0.05, 0) is 59.8 Å². The molecule has 1 aromatic rings. The van der Waals surface area contributed by atoms with Crippen molar-refractivity contribution in [2.24, 2.45) is 28.1 Å². The van der Waals surface area contributed by atoms with E-state index in [1.807, 2.05) is 36.4 Å². The molecule has 4 atom stereocenters. The number of rotatable bonds is 2. The Balaban J connectivity index is 1.95. The van der Waals surface area contributed by atoms with Gasteiger partial charge in [0, 0.05) is 12.8 Å². The summed E-state index contributed by atoms with van der Waals surface area (Å²) in [4.78, 5) is 25.5. The van der Waals surface area contributed by atoms with Crippen LogP contribution in [0.15, 0.2) is 48.2 Å². The molecule has 1 aromatic carbocycles. The molecular formula is C25H30O3. The van der Waals surface area contributed by atoms with Gasteiger partial charge in [-0.15, -0.1) is 0 Å². The van der Waals surface area contributed by atoms with Crippen LogP contribution in [0.5, 0.6) is 0 Å². The first kappa shape index (κ1) is 19.2. The molecule has 0 amide bonds. The lowest BCUT2D eigenvalue weighted by atomic mass is 9.45. The van der Waals surface area contributed by atoms with Gasteiger partial charge in [0.25, 0.3) is 0 Å². The first-order valence-corrected chi connectivity index (χ1v) is 10.3. The van der Waals surface area contributed by atoms with Crippen LogP contribution < -0.4 is 0 Å². The summed E-state index contributed by atoms with van der Waals surface area (Å²) < 4.78 is 5.82. The molecule has 3 heteroatoms. The summed E-state index contributed by atoms with van der Waals surface area (Å²) in [5, 5.41) is 0. The van der Waals surface area contributed by atoms with E-state index in [4.69, 9.17) is 4.74 Å². The first-order valence-electron chi connectivity index (χ1n) is 10.3.